The number of carbonyl (C=O) groups excluding carboxylic acids is 2. The Hall–Kier alpha value is -3.15. The lowest BCUT2D eigenvalue weighted by Gasteiger charge is -2.19. The third-order valence-corrected chi connectivity index (χ3v) is 4.17. The van der Waals surface area contributed by atoms with Crippen molar-refractivity contribution in [3.63, 3.8) is 0 Å². The first-order valence-corrected chi connectivity index (χ1v) is 8.68. The number of amides is 1. The van der Waals surface area contributed by atoms with Crippen LogP contribution in [0.5, 0.6) is 5.75 Å². The zero-order chi connectivity index (χ0) is 19.2. The van der Waals surface area contributed by atoms with Gasteiger partial charge in [-0.05, 0) is 43.2 Å². The van der Waals surface area contributed by atoms with Crippen molar-refractivity contribution in [1.29, 1.82) is 0 Å². The van der Waals surface area contributed by atoms with Crippen molar-refractivity contribution < 1.29 is 23.5 Å². The number of rotatable bonds is 6. The molecule has 0 aromatic heterocycles. The van der Waals surface area contributed by atoms with Crippen molar-refractivity contribution in [2.75, 3.05) is 13.2 Å². The molecule has 1 N–H and O–H groups in total. The van der Waals surface area contributed by atoms with Crippen LogP contribution in [-0.4, -0.2) is 31.1 Å². The van der Waals surface area contributed by atoms with Crippen molar-refractivity contribution in [2.45, 2.75) is 19.4 Å². The summed E-state index contributed by atoms with van der Waals surface area (Å²) in [5.74, 6) is -0.554. The van der Waals surface area contributed by atoms with Crippen molar-refractivity contribution in [2.24, 2.45) is 0 Å². The summed E-state index contributed by atoms with van der Waals surface area (Å²) < 4.78 is 23.6. The van der Waals surface area contributed by atoms with E-state index in [-0.39, 0.29) is 18.3 Å². The first-order valence-electron chi connectivity index (χ1n) is 8.68. The Bertz CT molecular complexity index is 861. The normalized spacial score (nSPS) is 13.6. The Balaban J connectivity index is 1.48. The Morgan fingerprint density at radius 2 is 1.93 bits per heavy atom. The van der Waals surface area contributed by atoms with Gasteiger partial charge in [-0.1, -0.05) is 30.3 Å². The van der Waals surface area contributed by atoms with Gasteiger partial charge in [0.1, 0.15) is 18.2 Å². The van der Waals surface area contributed by atoms with E-state index in [1.165, 1.54) is 19.1 Å². The van der Waals surface area contributed by atoms with Crippen molar-refractivity contribution >= 4 is 18.0 Å². The van der Waals surface area contributed by atoms with E-state index in [0.717, 1.165) is 11.1 Å². The van der Waals surface area contributed by atoms with Crippen molar-refractivity contribution in [1.82, 2.24) is 5.32 Å². The third-order valence-electron chi connectivity index (χ3n) is 4.17. The molecule has 140 valence electrons. The smallest absolute Gasteiger partial charge is 0.338 e. The van der Waals surface area contributed by atoms with Crippen LogP contribution in [0.4, 0.5) is 4.39 Å². The molecule has 0 radical (unpaired) electrons. The van der Waals surface area contributed by atoms with E-state index in [1.807, 2.05) is 24.3 Å². The number of esters is 1. The summed E-state index contributed by atoms with van der Waals surface area (Å²) in [5, 5.41) is 2.71. The number of nitrogens with one attached hydrogen (secondary N) is 1. The molecule has 0 fully saturated rings. The van der Waals surface area contributed by atoms with Crippen LogP contribution < -0.4 is 10.1 Å². The van der Waals surface area contributed by atoms with Crippen LogP contribution in [0.25, 0.3) is 6.08 Å². The summed E-state index contributed by atoms with van der Waals surface area (Å²) in [7, 11) is 0. The zero-order valence-corrected chi connectivity index (χ0v) is 14.9. The highest BCUT2D eigenvalue weighted by molar-refractivity contribution is 5.96. The molecule has 6 heteroatoms. The highest BCUT2D eigenvalue weighted by Gasteiger charge is 2.23. The molecule has 1 aliphatic heterocycles. The molecule has 2 aromatic carbocycles. The van der Waals surface area contributed by atoms with E-state index < -0.39 is 12.1 Å². The molecule has 3 rings (SSSR count). The summed E-state index contributed by atoms with van der Waals surface area (Å²) in [6, 6.07) is 13.5. The fraction of sp³-hybridized carbons (Fsp3) is 0.238. The minimum atomic E-state index is -0.927. The molecule has 2 aromatic rings. The lowest BCUT2D eigenvalue weighted by molar-refractivity contribution is -0.151. The third kappa shape index (κ3) is 4.94. The van der Waals surface area contributed by atoms with Gasteiger partial charge in [0.15, 0.2) is 6.10 Å². The summed E-state index contributed by atoms with van der Waals surface area (Å²) in [6.45, 7) is 1.99. The van der Waals surface area contributed by atoms with E-state index in [1.54, 1.807) is 18.2 Å². The van der Waals surface area contributed by atoms with Gasteiger partial charge >= 0.3 is 5.97 Å². The highest BCUT2D eigenvalue weighted by Crippen LogP contribution is 2.26. The summed E-state index contributed by atoms with van der Waals surface area (Å²) in [5.41, 5.74) is 2.07. The van der Waals surface area contributed by atoms with Gasteiger partial charge in [0.05, 0.1) is 5.57 Å². The van der Waals surface area contributed by atoms with Gasteiger partial charge in [0.2, 0.25) is 0 Å². The molecule has 1 amide bonds. The van der Waals surface area contributed by atoms with E-state index in [9.17, 15) is 14.0 Å². The molecule has 0 saturated heterocycles. The number of carbonyl (C=O) groups is 2. The Morgan fingerprint density at radius 1 is 1.19 bits per heavy atom. The maximum Gasteiger partial charge on any atom is 0.338 e. The lowest BCUT2D eigenvalue weighted by Crippen LogP contribution is -2.37. The molecule has 1 aliphatic rings. The number of hydrogen-bond acceptors (Lipinski definition) is 4. The van der Waals surface area contributed by atoms with Crippen LogP contribution in [0, 0.1) is 5.82 Å². The Morgan fingerprint density at radius 3 is 2.70 bits per heavy atom. The number of benzene rings is 2. The van der Waals surface area contributed by atoms with E-state index >= 15 is 0 Å². The quantitative estimate of drug-likeness (QED) is 0.796. The van der Waals surface area contributed by atoms with E-state index in [4.69, 9.17) is 9.47 Å². The van der Waals surface area contributed by atoms with Gasteiger partial charge in [0.25, 0.3) is 5.91 Å². The van der Waals surface area contributed by atoms with Crippen LogP contribution >= 0.6 is 0 Å². The predicted molar refractivity (Wildman–Crippen MR) is 98.6 cm³/mol. The summed E-state index contributed by atoms with van der Waals surface area (Å²) >= 11 is 0. The SMILES string of the molecule is C[C@@H](OC(=O)C1=Cc2ccccc2OC1)C(=O)NCCc1ccc(F)cc1. The van der Waals surface area contributed by atoms with Crippen LogP contribution in [0.3, 0.4) is 0 Å². The molecular weight excluding hydrogens is 349 g/mol. The van der Waals surface area contributed by atoms with Crippen LogP contribution in [0.2, 0.25) is 0 Å². The second kappa shape index (κ2) is 8.49. The molecule has 1 heterocycles. The number of fused-ring (bicyclic) bond motifs is 1. The van der Waals surface area contributed by atoms with Gasteiger partial charge in [-0.3, -0.25) is 4.79 Å². The fourth-order valence-electron chi connectivity index (χ4n) is 2.65. The average Bonchev–Trinajstić information content (AvgIpc) is 2.69. The molecular formula is C21H20FNO4. The van der Waals surface area contributed by atoms with Gasteiger partial charge in [-0.2, -0.15) is 0 Å². The van der Waals surface area contributed by atoms with Crippen molar-refractivity contribution in [3.8, 4) is 5.75 Å². The first kappa shape index (κ1) is 18.6. The molecule has 0 saturated carbocycles. The minimum Gasteiger partial charge on any atom is -0.488 e. The average molecular weight is 369 g/mol. The van der Waals surface area contributed by atoms with E-state index in [0.29, 0.717) is 24.3 Å². The fourth-order valence-corrected chi connectivity index (χ4v) is 2.65. The van der Waals surface area contributed by atoms with Gasteiger partial charge in [-0.25, -0.2) is 9.18 Å². The van der Waals surface area contributed by atoms with Gasteiger partial charge in [-0.15, -0.1) is 0 Å². The second-order valence-electron chi connectivity index (χ2n) is 6.21. The van der Waals surface area contributed by atoms with Crippen LogP contribution in [-0.2, 0) is 20.7 Å². The maximum atomic E-state index is 12.9. The molecule has 0 spiro atoms. The molecule has 5 nitrogen and oxygen atoms in total. The summed E-state index contributed by atoms with van der Waals surface area (Å²) in [4.78, 5) is 24.4. The first-order chi connectivity index (χ1) is 13.0. The predicted octanol–water partition coefficient (Wildman–Crippen LogP) is 2.89. The minimum absolute atomic E-state index is 0.106. The molecule has 0 aliphatic carbocycles. The van der Waals surface area contributed by atoms with Gasteiger partial charge < -0.3 is 14.8 Å². The molecule has 1 atom stereocenters. The topological polar surface area (TPSA) is 64.6 Å². The molecule has 0 bridgehead atoms. The highest BCUT2D eigenvalue weighted by atomic mass is 19.1. The largest absolute Gasteiger partial charge is 0.488 e. The summed E-state index contributed by atoms with van der Waals surface area (Å²) in [6.07, 6.45) is 1.34. The van der Waals surface area contributed by atoms with Crippen LogP contribution in [0.15, 0.2) is 54.1 Å². The second-order valence-corrected chi connectivity index (χ2v) is 6.21. The Kier molecular flexibility index (Phi) is 5.86. The number of halogens is 1. The Labute approximate surface area is 156 Å². The standard InChI is InChI=1S/C21H20FNO4/c1-14(20(24)23-11-10-15-6-8-18(22)9-7-15)27-21(25)17-12-16-4-2-3-5-19(16)26-13-17/h2-9,12,14H,10-11,13H2,1H3,(H,23,24)/t14-/m1/s1. The number of hydrogen-bond donors (Lipinski definition) is 1. The zero-order valence-electron chi connectivity index (χ0n) is 14.9. The number of para-hydroxylation sites is 1. The monoisotopic (exact) mass is 369 g/mol. The lowest BCUT2D eigenvalue weighted by atomic mass is 10.1. The molecule has 0 unspecified atom stereocenters. The van der Waals surface area contributed by atoms with Crippen LogP contribution in [0.1, 0.15) is 18.1 Å². The maximum absolute atomic E-state index is 12.9. The van der Waals surface area contributed by atoms with E-state index in [2.05, 4.69) is 5.32 Å². The number of ether oxygens (including phenoxy) is 2. The van der Waals surface area contributed by atoms with Crippen molar-refractivity contribution in [3.05, 3.63) is 71.0 Å². The molecule has 27 heavy (non-hydrogen) atoms. The van der Waals surface area contributed by atoms with Gasteiger partial charge in [0, 0.05) is 12.1 Å².